The minimum atomic E-state index is 0.774. The fourth-order valence-electron chi connectivity index (χ4n) is 3.56. The molecule has 0 aliphatic carbocycles. The highest BCUT2D eigenvalue weighted by molar-refractivity contribution is 14.1. The summed E-state index contributed by atoms with van der Waals surface area (Å²) in [5, 5.41) is 17.4. The van der Waals surface area contributed by atoms with Gasteiger partial charge in [0.25, 0.3) is 0 Å². The third-order valence-corrected chi connectivity index (χ3v) is 6.00. The highest BCUT2D eigenvalue weighted by Crippen LogP contribution is 2.34. The van der Waals surface area contributed by atoms with Crippen LogP contribution in [0, 0.1) is 3.57 Å². The summed E-state index contributed by atoms with van der Waals surface area (Å²) in [4.78, 5) is 0. The predicted molar refractivity (Wildman–Crippen MR) is 111 cm³/mol. The van der Waals surface area contributed by atoms with E-state index in [0.29, 0.717) is 0 Å². The Hall–Kier alpha value is -2.55. The molecule has 0 unspecified atom stereocenters. The van der Waals surface area contributed by atoms with E-state index >= 15 is 0 Å². The maximum atomic E-state index is 4.41. The van der Waals surface area contributed by atoms with Crippen LogP contribution in [-0.4, -0.2) is 30.0 Å². The largest absolute Gasteiger partial charge is 0.252 e. The lowest BCUT2D eigenvalue weighted by Gasteiger charge is -2.17. The second-order valence-electron chi connectivity index (χ2n) is 6.63. The monoisotopic (exact) mass is 468 g/mol. The summed E-state index contributed by atoms with van der Waals surface area (Å²) in [7, 11) is 0. The van der Waals surface area contributed by atoms with Crippen LogP contribution in [0.5, 0.6) is 0 Å². The van der Waals surface area contributed by atoms with Gasteiger partial charge in [0.1, 0.15) is 11.4 Å². The summed E-state index contributed by atoms with van der Waals surface area (Å²) in [5.74, 6) is 0. The molecule has 0 N–H and O–H groups in total. The van der Waals surface area contributed by atoms with Gasteiger partial charge in [-0.15, -0.1) is 10.2 Å². The first-order chi connectivity index (χ1) is 13.3. The fourth-order valence-corrected chi connectivity index (χ4v) is 4.21. The molecule has 0 saturated heterocycles. The van der Waals surface area contributed by atoms with Gasteiger partial charge in [-0.2, -0.15) is 0 Å². The molecule has 0 bridgehead atoms. The Kier molecular flexibility index (Phi) is 4.23. The molecule has 0 saturated carbocycles. The van der Waals surface area contributed by atoms with Gasteiger partial charge in [0, 0.05) is 22.2 Å². The number of rotatable bonds is 4. The van der Waals surface area contributed by atoms with Crippen molar-refractivity contribution in [3.63, 3.8) is 0 Å². The smallest absolute Gasteiger partial charge is 0.142 e. The normalized spacial score (nSPS) is 12.6. The summed E-state index contributed by atoms with van der Waals surface area (Å²) >= 11 is 2.37. The molecule has 7 heteroatoms. The van der Waals surface area contributed by atoms with Crippen molar-refractivity contribution in [1.29, 1.82) is 0 Å². The molecule has 2 aromatic carbocycles. The summed E-state index contributed by atoms with van der Waals surface area (Å²) in [5.41, 5.74) is 6.47. The fraction of sp³-hybridized carbons (Fsp3) is 0.200. The molecule has 0 fully saturated rings. The van der Waals surface area contributed by atoms with Crippen molar-refractivity contribution in [3.8, 4) is 22.6 Å². The Bertz CT molecular complexity index is 1110. The van der Waals surface area contributed by atoms with Crippen molar-refractivity contribution in [3.05, 3.63) is 69.4 Å². The third-order valence-electron chi connectivity index (χ3n) is 4.95. The number of halogens is 1. The van der Waals surface area contributed by atoms with Gasteiger partial charge in [0.15, 0.2) is 0 Å². The van der Waals surface area contributed by atoms with Crippen LogP contribution >= 0.6 is 22.6 Å². The molecule has 4 aromatic rings. The topological polar surface area (TPSA) is 61.4 Å². The molecule has 27 heavy (non-hydrogen) atoms. The van der Waals surface area contributed by atoms with Gasteiger partial charge in [0.05, 0.1) is 11.9 Å². The molecule has 0 atom stereocenters. The van der Waals surface area contributed by atoms with Gasteiger partial charge >= 0.3 is 0 Å². The maximum Gasteiger partial charge on any atom is 0.142 e. The van der Waals surface area contributed by atoms with E-state index in [1.807, 2.05) is 15.6 Å². The highest BCUT2D eigenvalue weighted by Gasteiger charge is 2.24. The van der Waals surface area contributed by atoms with Crippen LogP contribution in [0.25, 0.3) is 22.6 Å². The Morgan fingerprint density at radius 1 is 0.963 bits per heavy atom. The van der Waals surface area contributed by atoms with E-state index in [4.69, 9.17) is 0 Å². The average molecular weight is 468 g/mol. The van der Waals surface area contributed by atoms with Crippen molar-refractivity contribution < 1.29 is 0 Å². The molecule has 0 radical (unpaired) electrons. The second kappa shape index (κ2) is 6.88. The van der Waals surface area contributed by atoms with Crippen LogP contribution in [0.4, 0.5) is 0 Å². The summed E-state index contributed by atoms with van der Waals surface area (Å²) < 4.78 is 5.14. The van der Waals surface area contributed by atoms with Crippen molar-refractivity contribution in [2.24, 2.45) is 0 Å². The Morgan fingerprint density at radius 2 is 1.81 bits per heavy atom. The van der Waals surface area contributed by atoms with Crippen molar-refractivity contribution >= 4 is 22.6 Å². The molecular formula is C20H17IN6. The third kappa shape index (κ3) is 3.05. The van der Waals surface area contributed by atoms with Gasteiger partial charge in [0.2, 0.25) is 0 Å². The predicted octanol–water partition coefficient (Wildman–Crippen LogP) is 3.61. The van der Waals surface area contributed by atoms with E-state index < -0.39 is 0 Å². The van der Waals surface area contributed by atoms with E-state index in [0.717, 1.165) is 43.0 Å². The minimum Gasteiger partial charge on any atom is -0.252 e. The Morgan fingerprint density at radius 3 is 2.74 bits per heavy atom. The van der Waals surface area contributed by atoms with Crippen molar-refractivity contribution in [1.82, 2.24) is 30.0 Å². The van der Waals surface area contributed by atoms with Crippen molar-refractivity contribution in [2.75, 3.05) is 0 Å². The first-order valence-corrected chi connectivity index (χ1v) is 10.0. The molecule has 134 valence electrons. The zero-order chi connectivity index (χ0) is 18.2. The van der Waals surface area contributed by atoms with Crippen LogP contribution in [0.15, 0.2) is 54.7 Å². The van der Waals surface area contributed by atoms with Crippen LogP contribution in [-0.2, 0) is 25.9 Å². The quantitative estimate of drug-likeness (QED) is 0.430. The molecule has 1 aliphatic heterocycles. The van der Waals surface area contributed by atoms with Gasteiger partial charge in [-0.1, -0.05) is 52.9 Å². The maximum absolute atomic E-state index is 4.41. The van der Waals surface area contributed by atoms with Gasteiger partial charge in [-0.05, 0) is 52.6 Å². The number of nitrogens with zero attached hydrogens (tertiary/aromatic N) is 6. The van der Waals surface area contributed by atoms with Gasteiger partial charge in [-0.3, -0.25) is 4.68 Å². The molecular weight excluding hydrogens is 451 g/mol. The van der Waals surface area contributed by atoms with Crippen LogP contribution in [0.3, 0.4) is 0 Å². The number of benzene rings is 2. The van der Waals surface area contributed by atoms with E-state index in [9.17, 15) is 0 Å². The number of hydrogen-bond acceptors (Lipinski definition) is 4. The van der Waals surface area contributed by atoms with Gasteiger partial charge < -0.3 is 0 Å². The van der Waals surface area contributed by atoms with Gasteiger partial charge in [-0.25, -0.2) is 4.68 Å². The lowest BCUT2D eigenvalue weighted by molar-refractivity contribution is 0.583. The molecule has 2 aromatic heterocycles. The number of aromatic nitrogens is 6. The lowest BCUT2D eigenvalue weighted by Crippen LogP contribution is -2.12. The van der Waals surface area contributed by atoms with E-state index in [-0.39, 0.29) is 0 Å². The van der Waals surface area contributed by atoms with E-state index in [1.165, 1.54) is 20.3 Å². The number of hydrogen-bond donors (Lipinski definition) is 0. The average Bonchev–Trinajstić information content (AvgIpc) is 3.34. The SMILES string of the molecule is Ic1ccccc1CCn1cc(-c2nnn3c2-c2ccccc2CC3)nn1. The Labute approximate surface area is 170 Å². The summed E-state index contributed by atoms with van der Waals surface area (Å²) in [6, 6.07) is 16.9. The van der Waals surface area contributed by atoms with E-state index in [2.05, 4.69) is 91.7 Å². The van der Waals surface area contributed by atoms with Crippen LogP contribution in [0.2, 0.25) is 0 Å². The standard InChI is InChI=1S/C20H17IN6/c21-17-8-4-2-6-15(17)9-11-26-13-18(22-24-26)19-20-16-7-3-1-5-14(16)10-12-27(20)25-23-19/h1-8,13H,9-12H2. The van der Waals surface area contributed by atoms with E-state index in [1.54, 1.807) is 0 Å². The molecule has 0 amide bonds. The summed E-state index contributed by atoms with van der Waals surface area (Å²) in [6.45, 7) is 1.63. The zero-order valence-electron chi connectivity index (χ0n) is 14.6. The van der Waals surface area contributed by atoms with Crippen LogP contribution < -0.4 is 0 Å². The molecule has 0 spiro atoms. The highest BCUT2D eigenvalue weighted by atomic mass is 127. The Balaban J connectivity index is 1.43. The first-order valence-electron chi connectivity index (χ1n) is 8.95. The second-order valence-corrected chi connectivity index (χ2v) is 7.79. The zero-order valence-corrected chi connectivity index (χ0v) is 16.7. The summed E-state index contributed by atoms with van der Waals surface area (Å²) in [6.07, 6.45) is 3.87. The number of fused-ring (bicyclic) bond motifs is 3. The molecule has 6 nitrogen and oxygen atoms in total. The molecule has 3 heterocycles. The molecule has 5 rings (SSSR count). The molecule has 1 aliphatic rings. The first kappa shape index (κ1) is 16.6. The minimum absolute atomic E-state index is 0.774. The lowest BCUT2D eigenvalue weighted by atomic mass is 9.97. The van der Waals surface area contributed by atoms with Crippen molar-refractivity contribution in [2.45, 2.75) is 25.9 Å². The number of aryl methyl sites for hydroxylation is 4. The van der Waals surface area contributed by atoms with Crippen LogP contribution in [0.1, 0.15) is 11.1 Å².